The van der Waals surface area contributed by atoms with Gasteiger partial charge in [0.25, 0.3) is 10.0 Å². The van der Waals surface area contributed by atoms with Crippen molar-refractivity contribution in [1.82, 2.24) is 19.5 Å². The van der Waals surface area contributed by atoms with E-state index < -0.39 is 10.0 Å². The van der Waals surface area contributed by atoms with E-state index in [-0.39, 0.29) is 10.6 Å². The predicted molar refractivity (Wildman–Crippen MR) is 136 cm³/mol. The summed E-state index contributed by atoms with van der Waals surface area (Å²) in [6, 6.07) is 13.1. The zero-order valence-electron chi connectivity index (χ0n) is 19.6. The van der Waals surface area contributed by atoms with E-state index in [0.717, 1.165) is 11.4 Å². The number of aromatic nitrogens is 4. The van der Waals surface area contributed by atoms with Crippen molar-refractivity contribution in [3.63, 3.8) is 0 Å². The van der Waals surface area contributed by atoms with Crippen LogP contribution < -0.4 is 14.2 Å². The summed E-state index contributed by atoms with van der Waals surface area (Å²) in [5.74, 6) is 2.33. The molecule has 0 amide bonds. The Hall–Kier alpha value is -3.44. The van der Waals surface area contributed by atoms with Crippen LogP contribution in [0.5, 0.6) is 17.4 Å². The van der Waals surface area contributed by atoms with Crippen LogP contribution in [-0.4, -0.2) is 34.5 Å². The molecule has 2 aromatic heterocycles. The number of benzene rings is 2. The van der Waals surface area contributed by atoms with E-state index in [1.807, 2.05) is 18.4 Å². The number of aryl methyl sites for hydroxylation is 2. The van der Waals surface area contributed by atoms with Crippen molar-refractivity contribution in [1.29, 1.82) is 0 Å². The van der Waals surface area contributed by atoms with Gasteiger partial charge in [-0.15, -0.1) is 0 Å². The maximum atomic E-state index is 13.0. The molecular weight excluding hydrogens is 534 g/mol. The molecular formula is C24H24BrN5O4S. The highest BCUT2D eigenvalue weighted by atomic mass is 79.9. The van der Waals surface area contributed by atoms with E-state index in [4.69, 9.17) is 9.47 Å². The van der Waals surface area contributed by atoms with Crippen LogP contribution in [0.1, 0.15) is 24.1 Å². The van der Waals surface area contributed by atoms with Gasteiger partial charge in [0.15, 0.2) is 0 Å². The second-order valence-electron chi connectivity index (χ2n) is 7.65. The highest BCUT2D eigenvalue weighted by Gasteiger charge is 2.20. The molecule has 2 heterocycles. The van der Waals surface area contributed by atoms with Crippen LogP contribution in [0.4, 0.5) is 5.69 Å². The minimum Gasteiger partial charge on any atom is -0.492 e. The average molecular weight is 558 g/mol. The molecule has 35 heavy (non-hydrogen) atoms. The Morgan fingerprint density at radius 3 is 2.43 bits per heavy atom. The van der Waals surface area contributed by atoms with Gasteiger partial charge in [-0.2, -0.15) is 4.98 Å². The predicted octanol–water partition coefficient (Wildman–Crippen LogP) is 5.34. The van der Waals surface area contributed by atoms with E-state index in [0.29, 0.717) is 40.0 Å². The number of halogens is 1. The number of nitrogens with zero attached hydrogens (tertiary/aromatic N) is 4. The standard InChI is InChI=1S/C24H24BrN5O4S/c1-5-33-21-11-6-18(25)12-22(21)35(31,32)29-19-7-9-20(10-8-19)34-24-13-23(27-17(4)28-24)30-14-26-15(2)16(30)3/h6-14,29H,5H2,1-4H3. The second-order valence-corrected chi connectivity index (χ2v) is 10.2. The van der Waals surface area contributed by atoms with Gasteiger partial charge in [0, 0.05) is 21.9 Å². The summed E-state index contributed by atoms with van der Waals surface area (Å²) in [7, 11) is -3.88. The molecule has 182 valence electrons. The first-order chi connectivity index (χ1) is 16.7. The zero-order valence-corrected chi connectivity index (χ0v) is 22.0. The number of sulfonamides is 1. The first-order valence-electron chi connectivity index (χ1n) is 10.8. The Morgan fingerprint density at radius 2 is 1.77 bits per heavy atom. The summed E-state index contributed by atoms with van der Waals surface area (Å²) in [5, 5.41) is 0. The molecule has 0 spiro atoms. The van der Waals surface area contributed by atoms with Crippen molar-refractivity contribution in [3.05, 3.63) is 76.5 Å². The van der Waals surface area contributed by atoms with Crippen LogP contribution in [0.15, 0.2) is 64.2 Å². The fraction of sp³-hybridized carbons (Fsp3) is 0.208. The van der Waals surface area contributed by atoms with Crippen LogP contribution in [0, 0.1) is 20.8 Å². The third-order valence-electron chi connectivity index (χ3n) is 5.12. The molecule has 0 bridgehead atoms. The third-order valence-corrected chi connectivity index (χ3v) is 7.02. The van der Waals surface area contributed by atoms with Crippen LogP contribution in [0.2, 0.25) is 0 Å². The smallest absolute Gasteiger partial charge is 0.265 e. The zero-order chi connectivity index (χ0) is 25.2. The van der Waals surface area contributed by atoms with E-state index >= 15 is 0 Å². The molecule has 0 fully saturated rings. The van der Waals surface area contributed by atoms with Crippen LogP contribution in [0.3, 0.4) is 0 Å². The number of nitrogens with one attached hydrogen (secondary N) is 1. The molecule has 0 saturated heterocycles. The molecule has 2 aromatic carbocycles. The molecule has 11 heteroatoms. The number of imidazole rings is 1. The monoisotopic (exact) mass is 557 g/mol. The minimum atomic E-state index is -3.88. The van der Waals surface area contributed by atoms with E-state index in [9.17, 15) is 8.42 Å². The topological polar surface area (TPSA) is 108 Å². The number of rotatable bonds is 8. The SMILES string of the molecule is CCOc1ccc(Br)cc1S(=O)(=O)Nc1ccc(Oc2cc(-n3cnc(C)c3C)nc(C)n2)cc1. The fourth-order valence-corrected chi connectivity index (χ4v) is 5.06. The molecule has 0 aliphatic heterocycles. The van der Waals surface area contributed by atoms with Gasteiger partial charge >= 0.3 is 0 Å². The average Bonchev–Trinajstić information content (AvgIpc) is 3.14. The molecule has 1 N–H and O–H groups in total. The van der Waals surface area contributed by atoms with Gasteiger partial charge in [0.2, 0.25) is 5.88 Å². The Balaban J connectivity index is 1.54. The Labute approximate surface area is 212 Å². The van der Waals surface area contributed by atoms with Crippen molar-refractivity contribution in [2.75, 3.05) is 11.3 Å². The number of anilines is 1. The summed E-state index contributed by atoms with van der Waals surface area (Å²) in [6.45, 7) is 7.82. The van der Waals surface area contributed by atoms with Gasteiger partial charge in [-0.25, -0.2) is 18.4 Å². The van der Waals surface area contributed by atoms with Crippen LogP contribution in [0.25, 0.3) is 5.82 Å². The summed E-state index contributed by atoms with van der Waals surface area (Å²) >= 11 is 3.32. The first-order valence-corrected chi connectivity index (χ1v) is 13.0. The molecule has 0 atom stereocenters. The minimum absolute atomic E-state index is 0.0445. The van der Waals surface area contributed by atoms with Gasteiger partial charge in [0.05, 0.1) is 12.3 Å². The molecule has 0 saturated carbocycles. The molecule has 0 aliphatic rings. The Morgan fingerprint density at radius 1 is 1.03 bits per heavy atom. The van der Waals surface area contributed by atoms with Crippen LogP contribution in [-0.2, 0) is 10.0 Å². The number of ether oxygens (including phenoxy) is 2. The lowest BCUT2D eigenvalue weighted by Crippen LogP contribution is -2.14. The molecule has 0 radical (unpaired) electrons. The van der Waals surface area contributed by atoms with Crippen molar-refractivity contribution < 1.29 is 17.9 Å². The van der Waals surface area contributed by atoms with Crippen molar-refractivity contribution >= 4 is 31.6 Å². The normalized spacial score (nSPS) is 11.3. The van der Waals surface area contributed by atoms with Gasteiger partial charge in [-0.3, -0.25) is 9.29 Å². The lowest BCUT2D eigenvalue weighted by Gasteiger charge is -2.13. The van der Waals surface area contributed by atoms with Gasteiger partial charge in [0.1, 0.15) is 34.4 Å². The highest BCUT2D eigenvalue weighted by molar-refractivity contribution is 9.10. The number of hydrogen-bond donors (Lipinski definition) is 1. The van der Waals surface area contributed by atoms with Gasteiger partial charge < -0.3 is 9.47 Å². The highest BCUT2D eigenvalue weighted by Crippen LogP contribution is 2.30. The molecule has 4 rings (SSSR count). The first kappa shape index (κ1) is 24.7. The molecule has 9 nitrogen and oxygen atoms in total. The summed E-state index contributed by atoms with van der Waals surface area (Å²) in [5.41, 5.74) is 2.27. The Kier molecular flexibility index (Phi) is 7.08. The quantitative estimate of drug-likeness (QED) is 0.311. The summed E-state index contributed by atoms with van der Waals surface area (Å²) < 4.78 is 42.5. The van der Waals surface area contributed by atoms with E-state index in [2.05, 4.69) is 35.6 Å². The van der Waals surface area contributed by atoms with Gasteiger partial charge in [-0.05, 0) is 70.2 Å². The maximum absolute atomic E-state index is 13.0. The van der Waals surface area contributed by atoms with Crippen LogP contribution >= 0.6 is 15.9 Å². The fourth-order valence-electron chi connectivity index (χ4n) is 3.32. The molecule has 0 unspecified atom stereocenters. The lowest BCUT2D eigenvalue weighted by molar-refractivity contribution is 0.331. The second kappa shape index (κ2) is 10.0. The molecule has 0 aliphatic carbocycles. The van der Waals surface area contributed by atoms with E-state index in [1.165, 1.54) is 6.07 Å². The lowest BCUT2D eigenvalue weighted by atomic mass is 10.3. The van der Waals surface area contributed by atoms with E-state index in [1.54, 1.807) is 62.6 Å². The van der Waals surface area contributed by atoms with Crippen molar-refractivity contribution in [3.8, 4) is 23.2 Å². The number of hydrogen-bond acceptors (Lipinski definition) is 7. The summed E-state index contributed by atoms with van der Waals surface area (Å²) in [6.07, 6.45) is 1.71. The van der Waals surface area contributed by atoms with Gasteiger partial charge in [-0.1, -0.05) is 15.9 Å². The third kappa shape index (κ3) is 5.63. The maximum Gasteiger partial charge on any atom is 0.265 e. The van der Waals surface area contributed by atoms with Crippen molar-refractivity contribution in [2.24, 2.45) is 0 Å². The van der Waals surface area contributed by atoms with Crippen molar-refractivity contribution in [2.45, 2.75) is 32.6 Å². The summed E-state index contributed by atoms with van der Waals surface area (Å²) in [4.78, 5) is 13.2. The molecule has 4 aromatic rings. The largest absolute Gasteiger partial charge is 0.492 e. The Bertz CT molecular complexity index is 1470.